The van der Waals surface area contributed by atoms with Gasteiger partial charge in [-0.3, -0.25) is 4.90 Å². The van der Waals surface area contributed by atoms with E-state index in [9.17, 15) is 0 Å². The van der Waals surface area contributed by atoms with Crippen LogP contribution in [-0.4, -0.2) is 24.0 Å². The first-order chi connectivity index (χ1) is 6.99. The fourth-order valence-electron chi connectivity index (χ4n) is 2.46. The second-order valence-corrected chi connectivity index (χ2v) is 5.77. The predicted molar refractivity (Wildman–Crippen MR) is 63.4 cm³/mol. The molecule has 2 nitrogen and oxygen atoms in total. The maximum Gasteiger partial charge on any atom is 0.0638 e. The lowest BCUT2D eigenvalue weighted by molar-refractivity contribution is 0.192. The largest absolute Gasteiger partial charge is 0.299 e. The first-order valence-corrected chi connectivity index (χ1v) is 6.10. The zero-order valence-corrected chi connectivity index (χ0v) is 10.6. The summed E-state index contributed by atoms with van der Waals surface area (Å²) in [5, 5.41) is 8.78. The molecule has 0 aromatic carbocycles. The van der Waals surface area contributed by atoms with Gasteiger partial charge in [0, 0.05) is 12.6 Å². The van der Waals surface area contributed by atoms with Crippen molar-refractivity contribution in [3.05, 3.63) is 0 Å². The van der Waals surface area contributed by atoms with E-state index in [1.807, 2.05) is 0 Å². The third-order valence-corrected chi connectivity index (χ3v) is 3.76. The minimum atomic E-state index is 0.416. The van der Waals surface area contributed by atoms with Crippen molar-refractivity contribution in [3.8, 4) is 6.07 Å². The van der Waals surface area contributed by atoms with Crippen LogP contribution in [0.25, 0.3) is 0 Å². The fourth-order valence-corrected chi connectivity index (χ4v) is 2.46. The van der Waals surface area contributed by atoms with Crippen LogP contribution >= 0.6 is 0 Å². The smallest absolute Gasteiger partial charge is 0.0638 e. The molecule has 2 atom stereocenters. The van der Waals surface area contributed by atoms with Crippen molar-refractivity contribution in [3.63, 3.8) is 0 Å². The maximum absolute atomic E-state index is 8.78. The zero-order chi connectivity index (χ0) is 11.5. The van der Waals surface area contributed by atoms with Crippen LogP contribution in [0.2, 0.25) is 0 Å². The lowest BCUT2D eigenvalue weighted by Crippen LogP contribution is -2.34. The number of rotatable bonds is 3. The van der Waals surface area contributed by atoms with E-state index >= 15 is 0 Å². The average molecular weight is 208 g/mol. The Hall–Kier alpha value is -0.550. The molecule has 0 spiro atoms. The molecule has 2 heteroatoms. The summed E-state index contributed by atoms with van der Waals surface area (Å²) < 4.78 is 0. The Balaban J connectivity index is 2.52. The number of hydrogen-bond acceptors (Lipinski definition) is 2. The van der Waals surface area contributed by atoms with Gasteiger partial charge < -0.3 is 0 Å². The molecule has 1 heterocycles. The second-order valence-electron chi connectivity index (χ2n) is 5.77. The van der Waals surface area contributed by atoms with Crippen LogP contribution in [0.4, 0.5) is 0 Å². The molecule has 1 rings (SSSR count). The molecule has 0 N–H and O–H groups in total. The van der Waals surface area contributed by atoms with Crippen LogP contribution in [0.1, 0.15) is 47.0 Å². The quantitative estimate of drug-likeness (QED) is 0.713. The second kappa shape index (κ2) is 4.99. The number of nitriles is 1. The third kappa shape index (κ3) is 3.21. The Kier molecular flexibility index (Phi) is 4.16. The first kappa shape index (κ1) is 12.5. The Bertz CT molecular complexity index is 234. The van der Waals surface area contributed by atoms with Gasteiger partial charge >= 0.3 is 0 Å². The summed E-state index contributed by atoms with van der Waals surface area (Å²) in [5.74, 6) is 0.797. The topological polar surface area (TPSA) is 27.0 Å². The highest BCUT2D eigenvalue weighted by molar-refractivity contribution is 4.89. The first-order valence-electron chi connectivity index (χ1n) is 6.10. The van der Waals surface area contributed by atoms with Gasteiger partial charge in [0.15, 0.2) is 0 Å². The lowest BCUT2D eigenvalue weighted by atomic mass is 9.80. The number of nitrogens with zero attached hydrogens (tertiary/aromatic N) is 2. The summed E-state index contributed by atoms with van der Waals surface area (Å²) in [5.41, 5.74) is 0.416. The van der Waals surface area contributed by atoms with Gasteiger partial charge in [-0.15, -0.1) is 0 Å². The molecule has 86 valence electrons. The highest BCUT2D eigenvalue weighted by Crippen LogP contribution is 2.34. The molecule has 0 radical (unpaired) electrons. The third-order valence-electron chi connectivity index (χ3n) is 3.76. The van der Waals surface area contributed by atoms with E-state index in [2.05, 4.69) is 38.7 Å². The standard InChI is InChI=1S/C13H24N2/c1-5-12(6-8-14)15-9-7-11(10-15)13(2,3)4/h11-12H,5-7,9-10H2,1-4H3. The van der Waals surface area contributed by atoms with E-state index < -0.39 is 0 Å². The van der Waals surface area contributed by atoms with Crippen molar-refractivity contribution in [1.82, 2.24) is 4.90 Å². The molecule has 0 saturated carbocycles. The van der Waals surface area contributed by atoms with Crippen LogP contribution in [0, 0.1) is 22.7 Å². The number of likely N-dealkylation sites (tertiary alicyclic amines) is 1. The molecule has 1 aliphatic rings. The van der Waals surface area contributed by atoms with Crippen molar-refractivity contribution in [2.24, 2.45) is 11.3 Å². The molecular weight excluding hydrogens is 184 g/mol. The van der Waals surface area contributed by atoms with Gasteiger partial charge in [0.05, 0.1) is 12.5 Å². The van der Waals surface area contributed by atoms with Crippen LogP contribution in [0.5, 0.6) is 0 Å². The molecule has 0 aromatic rings. The molecule has 1 fully saturated rings. The van der Waals surface area contributed by atoms with E-state index in [0.29, 0.717) is 17.9 Å². The van der Waals surface area contributed by atoms with Crippen LogP contribution in [0.3, 0.4) is 0 Å². The molecule has 1 saturated heterocycles. The van der Waals surface area contributed by atoms with E-state index in [1.54, 1.807) is 0 Å². The van der Waals surface area contributed by atoms with E-state index in [1.165, 1.54) is 19.5 Å². The summed E-state index contributed by atoms with van der Waals surface area (Å²) in [4.78, 5) is 2.51. The van der Waals surface area contributed by atoms with Crippen LogP contribution in [0.15, 0.2) is 0 Å². The van der Waals surface area contributed by atoms with E-state index in [4.69, 9.17) is 5.26 Å². The van der Waals surface area contributed by atoms with Gasteiger partial charge in [-0.05, 0) is 30.7 Å². The molecule has 1 aliphatic heterocycles. The van der Waals surface area contributed by atoms with Crippen molar-refractivity contribution < 1.29 is 0 Å². The summed E-state index contributed by atoms with van der Waals surface area (Å²) in [6.07, 6.45) is 3.09. The Morgan fingerprint density at radius 1 is 1.47 bits per heavy atom. The van der Waals surface area contributed by atoms with Gasteiger partial charge in [0.25, 0.3) is 0 Å². The number of hydrogen-bond donors (Lipinski definition) is 0. The fraction of sp³-hybridized carbons (Fsp3) is 0.923. The predicted octanol–water partition coefficient (Wildman–Crippen LogP) is 3.05. The van der Waals surface area contributed by atoms with Crippen LogP contribution < -0.4 is 0 Å². The lowest BCUT2D eigenvalue weighted by Gasteiger charge is -2.29. The minimum absolute atomic E-state index is 0.416. The molecule has 15 heavy (non-hydrogen) atoms. The van der Waals surface area contributed by atoms with Crippen molar-refractivity contribution in [1.29, 1.82) is 5.26 Å². The zero-order valence-electron chi connectivity index (χ0n) is 10.6. The summed E-state index contributed by atoms with van der Waals surface area (Å²) >= 11 is 0. The Labute approximate surface area is 94.3 Å². The van der Waals surface area contributed by atoms with E-state index in [0.717, 1.165) is 12.3 Å². The van der Waals surface area contributed by atoms with Crippen molar-refractivity contribution in [2.75, 3.05) is 13.1 Å². The van der Waals surface area contributed by atoms with Gasteiger partial charge in [-0.1, -0.05) is 27.7 Å². The van der Waals surface area contributed by atoms with Gasteiger partial charge in [0.1, 0.15) is 0 Å². The van der Waals surface area contributed by atoms with Crippen LogP contribution in [-0.2, 0) is 0 Å². The van der Waals surface area contributed by atoms with Gasteiger partial charge in [-0.2, -0.15) is 5.26 Å². The maximum atomic E-state index is 8.78. The monoisotopic (exact) mass is 208 g/mol. The molecule has 0 amide bonds. The highest BCUT2D eigenvalue weighted by Gasteiger charge is 2.33. The van der Waals surface area contributed by atoms with Crippen molar-refractivity contribution >= 4 is 0 Å². The minimum Gasteiger partial charge on any atom is -0.299 e. The summed E-state index contributed by atoms with van der Waals surface area (Å²) in [7, 11) is 0. The van der Waals surface area contributed by atoms with Gasteiger partial charge in [-0.25, -0.2) is 0 Å². The summed E-state index contributed by atoms with van der Waals surface area (Å²) in [6, 6.07) is 2.80. The SMILES string of the molecule is CCC(CC#N)N1CCC(C(C)(C)C)C1. The molecule has 0 aliphatic carbocycles. The summed E-state index contributed by atoms with van der Waals surface area (Å²) in [6.45, 7) is 11.5. The molecule has 2 unspecified atom stereocenters. The molecule has 0 bridgehead atoms. The highest BCUT2D eigenvalue weighted by atomic mass is 15.2. The van der Waals surface area contributed by atoms with Gasteiger partial charge in [0.2, 0.25) is 0 Å². The van der Waals surface area contributed by atoms with E-state index in [-0.39, 0.29) is 0 Å². The Morgan fingerprint density at radius 2 is 2.13 bits per heavy atom. The average Bonchev–Trinajstić information content (AvgIpc) is 2.62. The normalized spacial score (nSPS) is 25.1. The molecular formula is C13H24N2. The Morgan fingerprint density at radius 3 is 2.53 bits per heavy atom. The van der Waals surface area contributed by atoms with Crippen molar-refractivity contribution in [2.45, 2.75) is 53.0 Å². The molecule has 0 aromatic heterocycles.